The number of halogens is 1. The standard InChI is InChI=1S/C17H14INO2/c18-8-1-3-9(4-2-8)19-16(20)14-10-5-6-11(13-7-12(10)13)15(14)17(19)21/h1-6,10-15H,7H2/t10-,11+,12-,13-,14+,15-/m1/s1. The molecule has 3 fully saturated rings. The van der Waals surface area contributed by atoms with Crippen LogP contribution in [-0.4, -0.2) is 11.8 Å². The molecule has 6 rings (SSSR count). The number of carbonyl (C=O) groups is 2. The van der Waals surface area contributed by atoms with Crippen LogP contribution >= 0.6 is 22.6 Å². The molecule has 0 aromatic heterocycles. The fraction of sp³-hybridized carbons (Fsp3) is 0.412. The molecule has 3 nitrogen and oxygen atoms in total. The number of anilines is 1. The van der Waals surface area contributed by atoms with Gasteiger partial charge in [-0.3, -0.25) is 14.5 Å². The number of benzene rings is 1. The third-order valence-electron chi connectivity index (χ3n) is 5.75. The second kappa shape index (κ2) is 3.97. The predicted molar refractivity (Wildman–Crippen MR) is 86.3 cm³/mol. The van der Waals surface area contributed by atoms with Gasteiger partial charge >= 0.3 is 0 Å². The molecule has 5 aliphatic rings. The van der Waals surface area contributed by atoms with Gasteiger partial charge in [0.05, 0.1) is 17.5 Å². The largest absolute Gasteiger partial charge is 0.274 e. The van der Waals surface area contributed by atoms with E-state index in [9.17, 15) is 9.59 Å². The van der Waals surface area contributed by atoms with E-state index in [1.54, 1.807) is 0 Å². The number of carbonyl (C=O) groups excluding carboxylic acids is 2. The van der Waals surface area contributed by atoms with Crippen molar-refractivity contribution in [1.29, 1.82) is 0 Å². The molecule has 4 aliphatic carbocycles. The lowest BCUT2D eigenvalue weighted by Gasteiger charge is -2.37. The molecule has 2 amide bonds. The van der Waals surface area contributed by atoms with Crippen molar-refractivity contribution < 1.29 is 9.59 Å². The summed E-state index contributed by atoms with van der Waals surface area (Å²) in [7, 11) is 0. The molecule has 6 atom stereocenters. The number of hydrogen-bond donors (Lipinski definition) is 0. The van der Waals surface area contributed by atoms with Crippen LogP contribution in [0.25, 0.3) is 0 Å². The molecular formula is C17H14INO2. The Labute approximate surface area is 136 Å². The van der Waals surface area contributed by atoms with Crippen LogP contribution in [0.3, 0.4) is 0 Å². The van der Waals surface area contributed by atoms with E-state index in [2.05, 4.69) is 34.7 Å². The second-order valence-electron chi connectivity index (χ2n) is 6.64. The van der Waals surface area contributed by atoms with Crippen LogP contribution in [-0.2, 0) is 9.59 Å². The topological polar surface area (TPSA) is 37.4 Å². The maximum atomic E-state index is 12.9. The minimum absolute atomic E-state index is 0.0240. The summed E-state index contributed by atoms with van der Waals surface area (Å²) >= 11 is 2.23. The molecule has 106 valence electrons. The molecule has 2 bridgehead atoms. The smallest absolute Gasteiger partial charge is 0.238 e. The molecule has 1 heterocycles. The molecule has 1 aliphatic heterocycles. The number of imide groups is 1. The Balaban J connectivity index is 1.58. The highest BCUT2D eigenvalue weighted by Gasteiger charge is 2.67. The van der Waals surface area contributed by atoms with Gasteiger partial charge in [0.2, 0.25) is 11.8 Å². The zero-order valence-corrected chi connectivity index (χ0v) is 13.4. The normalized spacial score (nSPS) is 42.2. The number of amides is 2. The lowest BCUT2D eigenvalue weighted by atomic mass is 9.63. The van der Waals surface area contributed by atoms with Crippen molar-refractivity contribution in [3.8, 4) is 0 Å². The first-order chi connectivity index (χ1) is 10.2. The van der Waals surface area contributed by atoms with Crippen molar-refractivity contribution in [3.63, 3.8) is 0 Å². The zero-order valence-electron chi connectivity index (χ0n) is 11.3. The van der Waals surface area contributed by atoms with Crippen molar-refractivity contribution in [1.82, 2.24) is 0 Å². The Morgan fingerprint density at radius 3 is 1.95 bits per heavy atom. The lowest BCUT2D eigenvalue weighted by molar-refractivity contribution is -0.124. The third-order valence-corrected chi connectivity index (χ3v) is 6.47. The number of hydrogen-bond acceptors (Lipinski definition) is 2. The molecule has 1 saturated heterocycles. The van der Waals surface area contributed by atoms with E-state index in [0.29, 0.717) is 23.7 Å². The highest BCUT2D eigenvalue weighted by atomic mass is 127. The summed E-state index contributed by atoms with van der Waals surface area (Å²) in [5, 5.41) is 0. The number of nitrogens with zero attached hydrogens (tertiary/aromatic N) is 1. The first kappa shape index (κ1) is 12.4. The Hall–Kier alpha value is -1.17. The van der Waals surface area contributed by atoms with Gasteiger partial charge in [-0.15, -0.1) is 0 Å². The van der Waals surface area contributed by atoms with Gasteiger partial charge in [-0.05, 0) is 76.9 Å². The average Bonchev–Trinajstić information content (AvgIpc) is 3.26. The summed E-state index contributed by atoms with van der Waals surface area (Å²) in [4.78, 5) is 27.2. The SMILES string of the molecule is O=C1[C@@H]2[C@H]3C=C[C@H]([C@H]4C[C@H]34)[C@@H]2C(=O)N1c1ccc(I)cc1. The molecule has 0 radical (unpaired) electrons. The quantitative estimate of drug-likeness (QED) is 0.420. The minimum atomic E-state index is -0.101. The van der Waals surface area contributed by atoms with Crippen LogP contribution in [0.15, 0.2) is 36.4 Å². The van der Waals surface area contributed by atoms with E-state index in [1.807, 2.05) is 24.3 Å². The summed E-state index contributed by atoms with van der Waals surface area (Å²) in [6, 6.07) is 7.65. The van der Waals surface area contributed by atoms with Gasteiger partial charge in [0.15, 0.2) is 0 Å². The van der Waals surface area contributed by atoms with Crippen LogP contribution < -0.4 is 4.90 Å². The van der Waals surface area contributed by atoms with Crippen LogP contribution in [0, 0.1) is 39.1 Å². The van der Waals surface area contributed by atoms with E-state index < -0.39 is 0 Å². The monoisotopic (exact) mass is 391 g/mol. The highest BCUT2D eigenvalue weighted by molar-refractivity contribution is 14.1. The summed E-state index contributed by atoms with van der Waals surface area (Å²) in [6.45, 7) is 0. The number of rotatable bonds is 1. The maximum absolute atomic E-state index is 12.9. The molecule has 0 N–H and O–H groups in total. The molecule has 1 aromatic rings. The van der Waals surface area contributed by atoms with Crippen LogP contribution in [0.4, 0.5) is 5.69 Å². The summed E-state index contributed by atoms with van der Waals surface area (Å²) < 4.78 is 1.11. The minimum Gasteiger partial charge on any atom is -0.274 e. The molecule has 1 aromatic carbocycles. The van der Waals surface area contributed by atoms with E-state index >= 15 is 0 Å². The fourth-order valence-corrected chi connectivity index (χ4v) is 5.16. The molecule has 2 saturated carbocycles. The molecule has 0 unspecified atom stereocenters. The van der Waals surface area contributed by atoms with Gasteiger partial charge in [0.1, 0.15) is 0 Å². The van der Waals surface area contributed by atoms with Crippen molar-refractivity contribution in [2.45, 2.75) is 6.42 Å². The average molecular weight is 391 g/mol. The lowest BCUT2D eigenvalue weighted by Crippen LogP contribution is -2.40. The Morgan fingerprint density at radius 1 is 0.905 bits per heavy atom. The zero-order chi connectivity index (χ0) is 14.3. The Morgan fingerprint density at radius 2 is 1.43 bits per heavy atom. The van der Waals surface area contributed by atoms with Crippen molar-refractivity contribution in [2.75, 3.05) is 4.90 Å². The van der Waals surface area contributed by atoms with Crippen LogP contribution in [0.5, 0.6) is 0 Å². The van der Waals surface area contributed by atoms with Gasteiger partial charge < -0.3 is 0 Å². The first-order valence-corrected chi connectivity index (χ1v) is 8.56. The Bertz CT molecular complexity index is 659. The molecule has 4 heteroatoms. The van der Waals surface area contributed by atoms with Crippen molar-refractivity contribution in [2.24, 2.45) is 35.5 Å². The van der Waals surface area contributed by atoms with E-state index in [0.717, 1.165) is 9.26 Å². The maximum Gasteiger partial charge on any atom is 0.238 e. The Kier molecular flexibility index (Phi) is 2.34. The summed E-state index contributed by atoms with van der Waals surface area (Å²) in [6.07, 6.45) is 5.63. The van der Waals surface area contributed by atoms with Gasteiger partial charge in [-0.25, -0.2) is 0 Å². The van der Waals surface area contributed by atoms with Gasteiger partial charge in [-0.2, -0.15) is 0 Å². The van der Waals surface area contributed by atoms with E-state index in [4.69, 9.17) is 0 Å². The summed E-state index contributed by atoms with van der Waals surface area (Å²) in [5.41, 5.74) is 0.730. The predicted octanol–water partition coefficient (Wildman–Crippen LogP) is 2.85. The highest BCUT2D eigenvalue weighted by Crippen LogP contribution is 2.65. The van der Waals surface area contributed by atoms with Crippen LogP contribution in [0.1, 0.15) is 6.42 Å². The molecule has 0 spiro atoms. The number of allylic oxidation sites excluding steroid dienone is 2. The van der Waals surface area contributed by atoms with E-state index in [-0.39, 0.29) is 23.7 Å². The first-order valence-electron chi connectivity index (χ1n) is 7.48. The fourth-order valence-electron chi connectivity index (χ4n) is 4.80. The molecular weight excluding hydrogens is 377 g/mol. The second-order valence-corrected chi connectivity index (χ2v) is 7.89. The van der Waals surface area contributed by atoms with Gasteiger partial charge in [-0.1, -0.05) is 12.2 Å². The van der Waals surface area contributed by atoms with Crippen LogP contribution in [0.2, 0.25) is 0 Å². The van der Waals surface area contributed by atoms with Crippen molar-refractivity contribution >= 4 is 40.1 Å². The van der Waals surface area contributed by atoms with Gasteiger partial charge in [0.25, 0.3) is 0 Å². The van der Waals surface area contributed by atoms with Crippen molar-refractivity contribution in [3.05, 3.63) is 40.0 Å². The third kappa shape index (κ3) is 1.49. The van der Waals surface area contributed by atoms with E-state index in [1.165, 1.54) is 11.3 Å². The molecule has 21 heavy (non-hydrogen) atoms. The summed E-state index contributed by atoms with van der Waals surface area (Å²) in [5.74, 6) is 1.77. The van der Waals surface area contributed by atoms with Gasteiger partial charge in [0, 0.05) is 3.57 Å².